The number of nitrogens with zero attached hydrogens (tertiary/aromatic N) is 2. The molecule has 5 nitrogen and oxygen atoms in total. The fourth-order valence-corrected chi connectivity index (χ4v) is 0.914. The predicted molar refractivity (Wildman–Crippen MR) is 47.1 cm³/mol. The highest BCUT2D eigenvalue weighted by Gasteiger charge is 1.95. The summed E-state index contributed by atoms with van der Waals surface area (Å²) in [4.78, 5) is 3.88. The van der Waals surface area contributed by atoms with E-state index >= 15 is 0 Å². The lowest BCUT2D eigenvalue weighted by Gasteiger charge is -2.01. The van der Waals surface area contributed by atoms with Gasteiger partial charge in [0.05, 0.1) is 6.54 Å². The van der Waals surface area contributed by atoms with Gasteiger partial charge in [0, 0.05) is 13.2 Å². The van der Waals surface area contributed by atoms with Crippen LogP contribution < -0.4 is 5.32 Å². The summed E-state index contributed by atoms with van der Waals surface area (Å²) in [6.45, 7) is 5.14. The van der Waals surface area contributed by atoms with Crippen LogP contribution in [0.2, 0.25) is 0 Å². The van der Waals surface area contributed by atoms with Crippen molar-refractivity contribution in [1.82, 2.24) is 15.5 Å². The van der Waals surface area contributed by atoms with E-state index in [0.717, 1.165) is 26.2 Å². The molecule has 0 fully saturated rings. The second kappa shape index (κ2) is 6.56. The van der Waals surface area contributed by atoms with Gasteiger partial charge in [-0.3, -0.25) is 0 Å². The Hall–Kier alpha value is -0.940. The van der Waals surface area contributed by atoms with E-state index in [9.17, 15) is 0 Å². The van der Waals surface area contributed by atoms with Gasteiger partial charge in [0.2, 0.25) is 6.39 Å². The standard InChI is InChI=1S/C8H15N3O2/c1-2-12-5-3-4-9-6-8-10-7-13-11-8/h7,9H,2-6H2,1H3. The van der Waals surface area contributed by atoms with Crippen LogP contribution in [0.25, 0.3) is 0 Å². The molecule has 0 saturated carbocycles. The van der Waals surface area contributed by atoms with Crippen molar-refractivity contribution < 1.29 is 9.26 Å². The summed E-state index contributed by atoms with van der Waals surface area (Å²) in [5.74, 6) is 0.691. The lowest BCUT2D eigenvalue weighted by molar-refractivity contribution is 0.144. The number of ether oxygens (including phenoxy) is 1. The quantitative estimate of drug-likeness (QED) is 0.630. The third kappa shape index (κ3) is 4.59. The van der Waals surface area contributed by atoms with Crippen LogP contribution in [0, 0.1) is 0 Å². The van der Waals surface area contributed by atoms with Crippen LogP contribution >= 0.6 is 0 Å². The van der Waals surface area contributed by atoms with E-state index in [4.69, 9.17) is 4.74 Å². The second-order valence-electron chi connectivity index (χ2n) is 2.57. The first kappa shape index (κ1) is 10.1. The van der Waals surface area contributed by atoms with Crippen molar-refractivity contribution in [2.75, 3.05) is 19.8 Å². The number of rotatable bonds is 7. The number of aromatic nitrogens is 2. The molecule has 0 spiro atoms. The van der Waals surface area contributed by atoms with E-state index in [2.05, 4.69) is 20.0 Å². The van der Waals surface area contributed by atoms with Crippen LogP contribution in [-0.4, -0.2) is 29.9 Å². The minimum atomic E-state index is 0.655. The first-order valence-electron chi connectivity index (χ1n) is 4.47. The Morgan fingerprint density at radius 3 is 3.23 bits per heavy atom. The summed E-state index contributed by atoms with van der Waals surface area (Å²) in [6, 6.07) is 0. The van der Waals surface area contributed by atoms with E-state index in [-0.39, 0.29) is 0 Å². The highest BCUT2D eigenvalue weighted by molar-refractivity contribution is 4.75. The van der Waals surface area contributed by atoms with Gasteiger partial charge in [-0.25, -0.2) is 0 Å². The molecule has 74 valence electrons. The number of hydrogen-bond acceptors (Lipinski definition) is 5. The van der Waals surface area contributed by atoms with Crippen molar-refractivity contribution in [2.45, 2.75) is 19.9 Å². The highest BCUT2D eigenvalue weighted by Crippen LogP contribution is 1.87. The second-order valence-corrected chi connectivity index (χ2v) is 2.57. The van der Waals surface area contributed by atoms with Crippen molar-refractivity contribution >= 4 is 0 Å². The molecule has 1 rings (SSSR count). The highest BCUT2D eigenvalue weighted by atomic mass is 16.5. The van der Waals surface area contributed by atoms with Crippen LogP contribution in [0.5, 0.6) is 0 Å². The molecule has 13 heavy (non-hydrogen) atoms. The summed E-state index contributed by atoms with van der Waals surface area (Å²) in [6.07, 6.45) is 2.34. The minimum Gasteiger partial charge on any atom is -0.382 e. The molecule has 0 radical (unpaired) electrons. The topological polar surface area (TPSA) is 60.2 Å². The van der Waals surface area contributed by atoms with Crippen molar-refractivity contribution in [3.63, 3.8) is 0 Å². The van der Waals surface area contributed by atoms with E-state index in [1.165, 1.54) is 6.39 Å². The van der Waals surface area contributed by atoms with E-state index in [0.29, 0.717) is 12.4 Å². The van der Waals surface area contributed by atoms with Gasteiger partial charge in [-0.2, -0.15) is 4.98 Å². The van der Waals surface area contributed by atoms with E-state index in [1.807, 2.05) is 6.92 Å². The molecule has 0 aliphatic carbocycles. The zero-order chi connectivity index (χ0) is 9.36. The molecule has 0 amide bonds. The van der Waals surface area contributed by atoms with Crippen LogP contribution in [0.4, 0.5) is 0 Å². The zero-order valence-corrected chi connectivity index (χ0v) is 7.82. The average Bonchev–Trinajstić information content (AvgIpc) is 2.63. The maximum atomic E-state index is 5.18. The van der Waals surface area contributed by atoms with Crippen molar-refractivity contribution in [3.05, 3.63) is 12.2 Å². The molecule has 0 aliphatic rings. The zero-order valence-electron chi connectivity index (χ0n) is 7.82. The lowest BCUT2D eigenvalue weighted by atomic mass is 10.4. The molecule has 0 aromatic carbocycles. The lowest BCUT2D eigenvalue weighted by Crippen LogP contribution is -2.17. The van der Waals surface area contributed by atoms with E-state index in [1.54, 1.807) is 0 Å². The first-order chi connectivity index (χ1) is 6.43. The van der Waals surface area contributed by atoms with Crippen LogP contribution in [0.3, 0.4) is 0 Å². The predicted octanol–water partition coefficient (Wildman–Crippen LogP) is 0.586. The van der Waals surface area contributed by atoms with Gasteiger partial charge in [0.1, 0.15) is 0 Å². The number of hydrogen-bond donors (Lipinski definition) is 1. The molecule has 0 unspecified atom stereocenters. The summed E-state index contributed by atoms with van der Waals surface area (Å²) >= 11 is 0. The Morgan fingerprint density at radius 2 is 2.54 bits per heavy atom. The molecule has 5 heteroatoms. The first-order valence-corrected chi connectivity index (χ1v) is 4.47. The van der Waals surface area contributed by atoms with Crippen molar-refractivity contribution in [3.8, 4) is 0 Å². The van der Waals surface area contributed by atoms with Gasteiger partial charge in [0.15, 0.2) is 5.82 Å². The SMILES string of the molecule is CCOCCCNCc1ncon1. The molecular weight excluding hydrogens is 170 g/mol. The minimum absolute atomic E-state index is 0.655. The van der Waals surface area contributed by atoms with Gasteiger partial charge < -0.3 is 14.6 Å². The Labute approximate surface area is 77.5 Å². The fourth-order valence-electron chi connectivity index (χ4n) is 0.914. The van der Waals surface area contributed by atoms with Gasteiger partial charge in [-0.05, 0) is 19.9 Å². The third-order valence-electron chi connectivity index (χ3n) is 1.54. The molecule has 0 bridgehead atoms. The molecule has 1 aromatic rings. The molecule has 1 heterocycles. The number of nitrogens with one attached hydrogen (secondary N) is 1. The maximum Gasteiger partial charge on any atom is 0.213 e. The van der Waals surface area contributed by atoms with Gasteiger partial charge in [-0.15, -0.1) is 0 Å². The molecule has 0 saturated heterocycles. The summed E-state index contributed by atoms with van der Waals surface area (Å²) < 4.78 is 9.77. The molecule has 1 aromatic heterocycles. The Morgan fingerprint density at radius 1 is 1.62 bits per heavy atom. The van der Waals surface area contributed by atoms with Gasteiger partial charge >= 0.3 is 0 Å². The van der Waals surface area contributed by atoms with Crippen LogP contribution in [0.1, 0.15) is 19.2 Å². The smallest absolute Gasteiger partial charge is 0.213 e. The molecule has 0 atom stereocenters. The Kier molecular flexibility index (Phi) is 5.12. The third-order valence-corrected chi connectivity index (χ3v) is 1.54. The summed E-state index contributed by atoms with van der Waals surface area (Å²) in [5.41, 5.74) is 0. The largest absolute Gasteiger partial charge is 0.382 e. The monoisotopic (exact) mass is 185 g/mol. The van der Waals surface area contributed by atoms with Crippen LogP contribution in [0.15, 0.2) is 10.9 Å². The Bertz CT molecular complexity index is 201. The van der Waals surface area contributed by atoms with Crippen LogP contribution in [-0.2, 0) is 11.3 Å². The van der Waals surface area contributed by atoms with Gasteiger partial charge in [-0.1, -0.05) is 5.16 Å². The van der Waals surface area contributed by atoms with Crippen molar-refractivity contribution in [2.24, 2.45) is 0 Å². The fraction of sp³-hybridized carbons (Fsp3) is 0.750. The maximum absolute atomic E-state index is 5.18. The van der Waals surface area contributed by atoms with Crippen molar-refractivity contribution in [1.29, 1.82) is 0 Å². The van der Waals surface area contributed by atoms with E-state index < -0.39 is 0 Å². The molecule has 0 aliphatic heterocycles. The average molecular weight is 185 g/mol. The summed E-state index contributed by atoms with van der Waals surface area (Å²) in [7, 11) is 0. The molecule has 1 N–H and O–H groups in total. The normalized spacial score (nSPS) is 10.5. The molecular formula is C8H15N3O2. The summed E-state index contributed by atoms with van der Waals surface area (Å²) in [5, 5.41) is 6.85. The Balaban J connectivity index is 1.90. The van der Waals surface area contributed by atoms with Gasteiger partial charge in [0.25, 0.3) is 0 Å².